The molecule has 3 heterocycles. The molecule has 2 aromatic rings. The summed E-state index contributed by atoms with van der Waals surface area (Å²) in [6, 6.07) is 6.27. The predicted octanol–water partition coefficient (Wildman–Crippen LogP) is 2.52. The highest BCUT2D eigenvalue weighted by molar-refractivity contribution is 7.12. The summed E-state index contributed by atoms with van der Waals surface area (Å²) in [5.74, 6) is -0.250. The van der Waals surface area contributed by atoms with Crippen LogP contribution in [0.3, 0.4) is 0 Å². The number of amides is 3. The van der Waals surface area contributed by atoms with Crippen molar-refractivity contribution in [3.8, 4) is 0 Å². The number of thiophene rings is 1. The van der Waals surface area contributed by atoms with Crippen LogP contribution in [0.4, 0.5) is 0 Å². The molecule has 0 bridgehead atoms. The van der Waals surface area contributed by atoms with Crippen molar-refractivity contribution in [2.24, 2.45) is 5.92 Å². The summed E-state index contributed by atoms with van der Waals surface area (Å²) in [5.41, 5.74) is 0. The van der Waals surface area contributed by atoms with Gasteiger partial charge in [-0.15, -0.1) is 11.3 Å². The maximum atomic E-state index is 12.7. The molecule has 1 unspecified atom stereocenters. The van der Waals surface area contributed by atoms with Crippen molar-refractivity contribution in [1.29, 1.82) is 0 Å². The highest BCUT2D eigenvalue weighted by Gasteiger charge is 2.30. The van der Waals surface area contributed by atoms with Crippen molar-refractivity contribution in [2.75, 3.05) is 13.1 Å². The van der Waals surface area contributed by atoms with Crippen LogP contribution in [0.15, 0.2) is 40.3 Å². The van der Waals surface area contributed by atoms with E-state index in [1.165, 1.54) is 17.6 Å². The van der Waals surface area contributed by atoms with Crippen LogP contribution in [0.25, 0.3) is 0 Å². The Morgan fingerprint density at radius 2 is 1.93 bits per heavy atom. The topological polar surface area (TPSA) is 91.7 Å². The second-order valence-corrected chi connectivity index (χ2v) is 8.17. The monoisotopic (exact) mass is 403 g/mol. The van der Waals surface area contributed by atoms with Crippen molar-refractivity contribution in [1.82, 2.24) is 15.5 Å². The molecular weight excluding hydrogens is 378 g/mol. The Hall–Kier alpha value is -2.61. The number of carbonyl (C=O) groups excluding carboxylic acids is 3. The van der Waals surface area contributed by atoms with Gasteiger partial charge in [0.15, 0.2) is 5.76 Å². The maximum absolute atomic E-state index is 12.7. The molecule has 1 aliphatic heterocycles. The molecule has 8 heteroatoms. The Kier molecular flexibility index (Phi) is 6.51. The summed E-state index contributed by atoms with van der Waals surface area (Å²) in [6.45, 7) is 4.92. The van der Waals surface area contributed by atoms with E-state index in [4.69, 9.17) is 4.42 Å². The number of nitrogens with one attached hydrogen (secondary N) is 2. The van der Waals surface area contributed by atoms with Crippen LogP contribution in [0.2, 0.25) is 0 Å². The van der Waals surface area contributed by atoms with Gasteiger partial charge in [-0.3, -0.25) is 14.4 Å². The first-order chi connectivity index (χ1) is 13.5. The molecule has 0 spiro atoms. The fraction of sp³-hybridized carbons (Fsp3) is 0.450. The Morgan fingerprint density at radius 3 is 2.50 bits per heavy atom. The first kappa shape index (κ1) is 20.1. The number of hydrogen-bond acceptors (Lipinski definition) is 5. The van der Waals surface area contributed by atoms with E-state index >= 15 is 0 Å². The van der Waals surface area contributed by atoms with Crippen LogP contribution in [-0.4, -0.2) is 47.8 Å². The zero-order chi connectivity index (χ0) is 20.1. The fourth-order valence-electron chi connectivity index (χ4n) is 3.23. The van der Waals surface area contributed by atoms with Gasteiger partial charge in [0.05, 0.1) is 11.1 Å². The van der Waals surface area contributed by atoms with Gasteiger partial charge in [-0.1, -0.05) is 19.9 Å². The molecule has 0 aromatic carbocycles. The molecule has 3 rings (SSSR count). The Balaban J connectivity index is 1.52. The number of rotatable bonds is 6. The van der Waals surface area contributed by atoms with Gasteiger partial charge in [-0.2, -0.15) is 0 Å². The number of nitrogens with zero attached hydrogens (tertiary/aromatic N) is 1. The number of carbonyl (C=O) groups is 3. The minimum atomic E-state index is -0.600. The molecule has 1 saturated heterocycles. The van der Waals surface area contributed by atoms with Crippen molar-refractivity contribution in [3.63, 3.8) is 0 Å². The summed E-state index contributed by atoms with van der Waals surface area (Å²) < 4.78 is 5.16. The van der Waals surface area contributed by atoms with E-state index in [1.807, 2.05) is 25.3 Å². The summed E-state index contributed by atoms with van der Waals surface area (Å²) in [4.78, 5) is 39.7. The smallest absolute Gasteiger partial charge is 0.289 e. The van der Waals surface area contributed by atoms with E-state index in [0.29, 0.717) is 36.6 Å². The number of likely N-dealkylation sites (tertiary alicyclic amines) is 1. The molecule has 0 radical (unpaired) electrons. The summed E-state index contributed by atoms with van der Waals surface area (Å²) in [5, 5.41) is 7.70. The lowest BCUT2D eigenvalue weighted by molar-refractivity contribution is -0.124. The lowest BCUT2D eigenvalue weighted by Gasteiger charge is -2.33. The Bertz CT molecular complexity index is 794. The lowest BCUT2D eigenvalue weighted by atomic mass is 10.0. The Morgan fingerprint density at radius 1 is 1.18 bits per heavy atom. The SMILES string of the molecule is CC(C)C(NC(=O)c1cccs1)C(=O)NC1CCN(C(=O)c2ccco2)CC1. The molecule has 2 N–H and O–H groups in total. The molecule has 0 saturated carbocycles. The van der Waals surface area contributed by atoms with Crippen LogP contribution in [0.5, 0.6) is 0 Å². The van der Waals surface area contributed by atoms with E-state index < -0.39 is 6.04 Å². The van der Waals surface area contributed by atoms with Gasteiger partial charge in [-0.25, -0.2) is 0 Å². The standard InChI is InChI=1S/C20H25N3O4S/c1-13(2)17(22-18(24)16-6-4-12-28-16)19(25)21-14-7-9-23(10-8-14)20(26)15-5-3-11-27-15/h3-6,11-14,17H,7-10H2,1-2H3,(H,21,25)(H,22,24). The third-order valence-corrected chi connectivity index (χ3v) is 5.71. The van der Waals surface area contributed by atoms with Crippen LogP contribution in [0, 0.1) is 5.92 Å². The number of piperidine rings is 1. The molecule has 150 valence electrons. The van der Waals surface area contributed by atoms with Gasteiger partial charge in [0.1, 0.15) is 6.04 Å². The normalized spacial score (nSPS) is 16.0. The maximum Gasteiger partial charge on any atom is 0.289 e. The van der Waals surface area contributed by atoms with Crippen molar-refractivity contribution in [2.45, 2.75) is 38.8 Å². The second-order valence-electron chi connectivity index (χ2n) is 7.22. The summed E-state index contributed by atoms with van der Waals surface area (Å²) in [7, 11) is 0. The van der Waals surface area contributed by atoms with E-state index in [1.54, 1.807) is 23.1 Å². The molecule has 2 aromatic heterocycles. The van der Waals surface area contributed by atoms with Crippen molar-refractivity contribution >= 4 is 29.1 Å². The molecular formula is C20H25N3O4S. The van der Waals surface area contributed by atoms with Crippen LogP contribution in [-0.2, 0) is 4.79 Å². The van der Waals surface area contributed by atoms with E-state index in [2.05, 4.69) is 10.6 Å². The number of hydrogen-bond donors (Lipinski definition) is 2. The van der Waals surface area contributed by atoms with Gasteiger partial charge in [0.2, 0.25) is 5.91 Å². The zero-order valence-corrected chi connectivity index (χ0v) is 16.8. The van der Waals surface area contributed by atoms with Crippen LogP contribution < -0.4 is 10.6 Å². The molecule has 1 aliphatic rings. The van der Waals surface area contributed by atoms with Gasteiger partial charge >= 0.3 is 0 Å². The minimum Gasteiger partial charge on any atom is -0.459 e. The molecule has 1 fully saturated rings. The zero-order valence-electron chi connectivity index (χ0n) is 16.0. The molecule has 28 heavy (non-hydrogen) atoms. The van der Waals surface area contributed by atoms with Gasteiger partial charge in [0, 0.05) is 19.1 Å². The van der Waals surface area contributed by atoms with Crippen LogP contribution in [0.1, 0.15) is 46.9 Å². The largest absolute Gasteiger partial charge is 0.459 e. The van der Waals surface area contributed by atoms with Gasteiger partial charge in [-0.05, 0) is 42.3 Å². The second kappa shape index (κ2) is 9.05. The average molecular weight is 404 g/mol. The molecule has 0 aliphatic carbocycles. The van der Waals surface area contributed by atoms with Crippen LogP contribution >= 0.6 is 11.3 Å². The van der Waals surface area contributed by atoms with E-state index in [9.17, 15) is 14.4 Å². The first-order valence-corrected chi connectivity index (χ1v) is 10.3. The third-order valence-electron chi connectivity index (χ3n) is 4.84. The lowest BCUT2D eigenvalue weighted by Crippen LogP contribution is -2.54. The average Bonchev–Trinajstić information content (AvgIpc) is 3.39. The number of furan rings is 1. The van der Waals surface area contributed by atoms with E-state index in [0.717, 1.165) is 0 Å². The summed E-state index contributed by atoms with van der Waals surface area (Å²) in [6.07, 6.45) is 2.82. The predicted molar refractivity (Wildman–Crippen MR) is 106 cm³/mol. The molecule has 3 amide bonds. The van der Waals surface area contributed by atoms with E-state index in [-0.39, 0.29) is 29.7 Å². The first-order valence-electron chi connectivity index (χ1n) is 9.43. The van der Waals surface area contributed by atoms with Crippen molar-refractivity contribution in [3.05, 3.63) is 46.5 Å². The molecule has 7 nitrogen and oxygen atoms in total. The van der Waals surface area contributed by atoms with Gasteiger partial charge < -0.3 is 20.0 Å². The van der Waals surface area contributed by atoms with Crippen molar-refractivity contribution < 1.29 is 18.8 Å². The third kappa shape index (κ3) is 4.81. The highest BCUT2D eigenvalue weighted by Crippen LogP contribution is 2.16. The van der Waals surface area contributed by atoms with Gasteiger partial charge in [0.25, 0.3) is 11.8 Å². The minimum absolute atomic E-state index is 0.0203. The summed E-state index contributed by atoms with van der Waals surface area (Å²) >= 11 is 1.34. The quantitative estimate of drug-likeness (QED) is 0.775. The molecule has 1 atom stereocenters. The Labute approximate surface area is 168 Å². The highest BCUT2D eigenvalue weighted by atomic mass is 32.1. The fourth-order valence-corrected chi connectivity index (χ4v) is 3.86.